The number of benzene rings is 1. The average molecular weight is 434 g/mol. The summed E-state index contributed by atoms with van der Waals surface area (Å²) >= 11 is 0. The lowest BCUT2D eigenvalue weighted by Crippen LogP contribution is -2.53. The van der Waals surface area contributed by atoms with E-state index in [0.717, 1.165) is 54.9 Å². The van der Waals surface area contributed by atoms with Crippen LogP contribution in [0.3, 0.4) is 0 Å². The number of carbonyl (C=O) groups excluding carboxylic acids is 1. The molecule has 0 spiro atoms. The number of methoxy groups -OCH3 is 1. The summed E-state index contributed by atoms with van der Waals surface area (Å²) in [6.07, 6.45) is 8.68. The van der Waals surface area contributed by atoms with Gasteiger partial charge in [0, 0.05) is 43.8 Å². The van der Waals surface area contributed by atoms with Crippen molar-refractivity contribution in [3.63, 3.8) is 0 Å². The number of aromatic nitrogens is 1. The highest BCUT2D eigenvalue weighted by Gasteiger charge is 2.29. The first-order valence-electron chi connectivity index (χ1n) is 11.3. The van der Waals surface area contributed by atoms with E-state index in [1.54, 1.807) is 7.11 Å². The highest BCUT2D eigenvalue weighted by atomic mass is 35.5. The summed E-state index contributed by atoms with van der Waals surface area (Å²) < 4.78 is 7.98. The van der Waals surface area contributed by atoms with Crippen molar-refractivity contribution in [2.75, 3.05) is 33.3 Å². The first-order valence-corrected chi connectivity index (χ1v) is 11.3. The Hall–Kier alpha value is -1.72. The fraction of sp³-hybridized carbons (Fsp3) is 0.625. The lowest BCUT2D eigenvalue weighted by molar-refractivity contribution is 0.0530. The van der Waals surface area contributed by atoms with Gasteiger partial charge in [-0.05, 0) is 38.3 Å². The van der Waals surface area contributed by atoms with E-state index in [-0.39, 0.29) is 18.3 Å². The largest absolute Gasteiger partial charge is 0.495 e. The number of halogens is 1. The van der Waals surface area contributed by atoms with Crippen LogP contribution < -0.4 is 4.74 Å². The Morgan fingerprint density at radius 2 is 1.93 bits per heavy atom. The number of fused-ring (bicyclic) bond motifs is 1. The molecule has 1 amide bonds. The van der Waals surface area contributed by atoms with Crippen LogP contribution in [0.4, 0.5) is 0 Å². The van der Waals surface area contributed by atoms with E-state index < -0.39 is 0 Å². The van der Waals surface area contributed by atoms with E-state index in [4.69, 9.17) is 4.74 Å². The third kappa shape index (κ3) is 4.47. The van der Waals surface area contributed by atoms with E-state index in [0.29, 0.717) is 12.0 Å². The Morgan fingerprint density at radius 3 is 2.60 bits per heavy atom. The van der Waals surface area contributed by atoms with Crippen LogP contribution >= 0.6 is 12.4 Å². The monoisotopic (exact) mass is 433 g/mol. The minimum Gasteiger partial charge on any atom is -0.495 e. The van der Waals surface area contributed by atoms with Crippen molar-refractivity contribution in [3.8, 4) is 5.75 Å². The van der Waals surface area contributed by atoms with Gasteiger partial charge in [0.25, 0.3) is 5.91 Å². The molecule has 1 aliphatic heterocycles. The van der Waals surface area contributed by atoms with Crippen LogP contribution in [-0.2, 0) is 6.54 Å². The van der Waals surface area contributed by atoms with Gasteiger partial charge < -0.3 is 14.2 Å². The summed E-state index contributed by atoms with van der Waals surface area (Å²) in [7, 11) is 1.72. The number of likely N-dealkylation sites (N-methyl/N-ethyl adjacent to an activating group) is 1. The van der Waals surface area contributed by atoms with Crippen LogP contribution in [-0.4, -0.2) is 59.6 Å². The van der Waals surface area contributed by atoms with Crippen LogP contribution in [0.1, 0.15) is 56.3 Å². The Bertz CT molecular complexity index is 859. The van der Waals surface area contributed by atoms with Crippen LogP contribution in [0.2, 0.25) is 0 Å². The van der Waals surface area contributed by atoms with E-state index >= 15 is 0 Å². The first-order chi connectivity index (χ1) is 14.1. The molecule has 1 atom stereocenters. The quantitative estimate of drug-likeness (QED) is 0.678. The highest BCUT2D eigenvalue weighted by Crippen LogP contribution is 2.33. The zero-order valence-electron chi connectivity index (χ0n) is 18.6. The predicted molar refractivity (Wildman–Crippen MR) is 125 cm³/mol. The minimum atomic E-state index is 0. The SMILES string of the molecule is CCN1CCN(C(=O)c2cn(CC3CCCCC3)c3c(OC)cccc23)C[C@H]1C.Cl. The van der Waals surface area contributed by atoms with Gasteiger partial charge in [0.05, 0.1) is 18.2 Å². The molecule has 5 nitrogen and oxygen atoms in total. The molecule has 2 aromatic rings. The lowest BCUT2D eigenvalue weighted by Gasteiger charge is -2.39. The molecule has 30 heavy (non-hydrogen) atoms. The summed E-state index contributed by atoms with van der Waals surface area (Å²) in [4.78, 5) is 18.0. The predicted octanol–water partition coefficient (Wildman–Crippen LogP) is 4.82. The Labute approximate surface area is 186 Å². The Morgan fingerprint density at radius 1 is 1.17 bits per heavy atom. The smallest absolute Gasteiger partial charge is 0.256 e. The van der Waals surface area contributed by atoms with Crippen molar-refractivity contribution in [2.24, 2.45) is 5.92 Å². The fourth-order valence-electron chi connectivity index (χ4n) is 5.27. The van der Waals surface area contributed by atoms with Crippen LogP contribution in [0.5, 0.6) is 5.75 Å². The Balaban J connectivity index is 0.00000256. The fourth-order valence-corrected chi connectivity index (χ4v) is 5.27. The number of amides is 1. The van der Waals surface area contributed by atoms with Gasteiger partial charge in [-0.3, -0.25) is 9.69 Å². The summed E-state index contributed by atoms with van der Waals surface area (Å²) in [6, 6.07) is 6.49. The van der Waals surface area contributed by atoms with Gasteiger partial charge in [0.2, 0.25) is 0 Å². The highest BCUT2D eigenvalue weighted by molar-refractivity contribution is 6.08. The maximum absolute atomic E-state index is 13.5. The topological polar surface area (TPSA) is 37.7 Å². The second kappa shape index (κ2) is 10.1. The third-order valence-corrected chi connectivity index (χ3v) is 6.95. The van der Waals surface area contributed by atoms with Crippen molar-refractivity contribution in [1.29, 1.82) is 0 Å². The number of hydrogen-bond donors (Lipinski definition) is 0. The maximum Gasteiger partial charge on any atom is 0.256 e. The van der Waals surface area contributed by atoms with Gasteiger partial charge in [0.1, 0.15) is 5.75 Å². The number of nitrogens with zero attached hydrogens (tertiary/aromatic N) is 3. The molecule has 6 heteroatoms. The summed E-state index contributed by atoms with van der Waals surface area (Å²) in [5.74, 6) is 1.72. The number of rotatable bonds is 5. The first kappa shape index (κ1) is 23.0. The number of carbonyl (C=O) groups is 1. The standard InChI is InChI=1S/C24H35N3O2.ClH/c1-4-25-13-14-26(15-18(25)2)24(28)21-17-27(16-19-9-6-5-7-10-19)23-20(21)11-8-12-22(23)29-3;/h8,11-12,17-19H,4-7,9-10,13-16H2,1-3H3;1H/t18-;/m1./s1. The lowest BCUT2D eigenvalue weighted by atomic mass is 9.89. The molecule has 2 aliphatic rings. The number of ether oxygens (including phenoxy) is 1. The Kier molecular flexibility index (Phi) is 7.70. The van der Waals surface area contributed by atoms with Gasteiger partial charge >= 0.3 is 0 Å². The molecule has 1 saturated heterocycles. The summed E-state index contributed by atoms with van der Waals surface area (Å²) in [5, 5.41) is 1.02. The molecule has 166 valence electrons. The molecule has 1 saturated carbocycles. The van der Waals surface area contributed by atoms with E-state index in [1.165, 1.54) is 32.1 Å². The number of hydrogen-bond acceptors (Lipinski definition) is 3. The molecule has 1 aromatic carbocycles. The van der Waals surface area contributed by atoms with Crippen molar-refractivity contribution in [3.05, 3.63) is 30.0 Å². The second-order valence-corrected chi connectivity index (χ2v) is 8.78. The van der Waals surface area contributed by atoms with Crippen molar-refractivity contribution in [2.45, 2.75) is 58.5 Å². The zero-order valence-corrected chi connectivity index (χ0v) is 19.4. The number of para-hydroxylation sites is 1. The van der Waals surface area contributed by atoms with Gasteiger partial charge in [0.15, 0.2) is 0 Å². The number of piperazine rings is 1. The molecule has 4 rings (SSSR count). The molecule has 2 fully saturated rings. The molecular formula is C24H36ClN3O2. The van der Waals surface area contributed by atoms with Crippen molar-refractivity contribution >= 4 is 29.2 Å². The van der Waals surface area contributed by atoms with Crippen LogP contribution in [0.15, 0.2) is 24.4 Å². The van der Waals surface area contributed by atoms with Gasteiger partial charge in [-0.15, -0.1) is 12.4 Å². The summed E-state index contributed by atoms with van der Waals surface area (Å²) in [6.45, 7) is 8.98. The molecule has 2 heterocycles. The van der Waals surface area contributed by atoms with Gasteiger partial charge in [-0.1, -0.05) is 38.3 Å². The minimum absolute atomic E-state index is 0. The van der Waals surface area contributed by atoms with E-state index in [9.17, 15) is 4.79 Å². The molecule has 1 aliphatic carbocycles. The van der Waals surface area contributed by atoms with Crippen molar-refractivity contribution < 1.29 is 9.53 Å². The summed E-state index contributed by atoms with van der Waals surface area (Å²) in [5.41, 5.74) is 1.90. The molecule has 0 N–H and O–H groups in total. The molecule has 1 aromatic heterocycles. The second-order valence-electron chi connectivity index (χ2n) is 8.78. The molecular weight excluding hydrogens is 398 g/mol. The van der Waals surface area contributed by atoms with Crippen LogP contribution in [0, 0.1) is 5.92 Å². The van der Waals surface area contributed by atoms with Gasteiger partial charge in [-0.25, -0.2) is 0 Å². The molecule has 0 bridgehead atoms. The zero-order chi connectivity index (χ0) is 20.4. The van der Waals surface area contributed by atoms with Crippen molar-refractivity contribution in [1.82, 2.24) is 14.4 Å². The average Bonchev–Trinajstić information content (AvgIpc) is 3.12. The van der Waals surface area contributed by atoms with Crippen LogP contribution in [0.25, 0.3) is 10.9 Å². The third-order valence-electron chi connectivity index (χ3n) is 6.95. The maximum atomic E-state index is 13.5. The van der Waals surface area contributed by atoms with E-state index in [2.05, 4.69) is 35.6 Å². The molecule has 0 radical (unpaired) electrons. The molecule has 0 unspecified atom stereocenters. The van der Waals surface area contributed by atoms with E-state index in [1.807, 2.05) is 17.0 Å². The van der Waals surface area contributed by atoms with Gasteiger partial charge in [-0.2, -0.15) is 0 Å². The normalized spacial score (nSPS) is 20.9.